The average Bonchev–Trinajstić information content (AvgIpc) is 2.39. The van der Waals surface area contributed by atoms with Crippen molar-refractivity contribution < 1.29 is 4.39 Å². The molecule has 0 spiro atoms. The topological polar surface area (TPSA) is 24.9 Å². The largest absolute Gasteiger partial charge is 0.319 e. The minimum Gasteiger partial charge on any atom is -0.319 e. The van der Waals surface area contributed by atoms with E-state index in [1.54, 1.807) is 6.20 Å². The number of nitrogens with zero attached hydrogens (tertiary/aromatic N) is 1. The molecule has 20 heavy (non-hydrogen) atoms. The average molecular weight is 278 g/mol. The van der Waals surface area contributed by atoms with Crippen LogP contribution < -0.4 is 5.32 Å². The lowest BCUT2D eigenvalue weighted by molar-refractivity contribution is 0.129. The van der Waals surface area contributed by atoms with Crippen LogP contribution in [0, 0.1) is 23.1 Å². The maximum absolute atomic E-state index is 14.1. The van der Waals surface area contributed by atoms with Crippen LogP contribution >= 0.6 is 0 Å². The molecule has 2 rings (SSSR count). The van der Waals surface area contributed by atoms with Crippen LogP contribution in [-0.2, 0) is 0 Å². The van der Waals surface area contributed by atoms with Gasteiger partial charge in [-0.15, -0.1) is 0 Å². The normalized spacial score (nSPS) is 27.6. The molecule has 1 aliphatic carbocycles. The van der Waals surface area contributed by atoms with Crippen LogP contribution in [-0.4, -0.2) is 18.6 Å². The summed E-state index contributed by atoms with van der Waals surface area (Å²) in [4.78, 5) is 3.89. The summed E-state index contributed by atoms with van der Waals surface area (Å²) in [7, 11) is 1.98. The van der Waals surface area contributed by atoms with Crippen LogP contribution in [0.5, 0.6) is 0 Å². The first-order chi connectivity index (χ1) is 9.43. The predicted molar refractivity (Wildman–Crippen MR) is 81.1 cm³/mol. The maximum atomic E-state index is 14.1. The molecule has 1 fully saturated rings. The summed E-state index contributed by atoms with van der Waals surface area (Å²) in [6.45, 7) is 7.87. The number of hydrogen-bond donors (Lipinski definition) is 1. The van der Waals surface area contributed by atoms with Gasteiger partial charge in [0, 0.05) is 6.20 Å². The summed E-state index contributed by atoms with van der Waals surface area (Å²) in [6.07, 6.45) is 6.58. The van der Waals surface area contributed by atoms with Gasteiger partial charge in [-0.2, -0.15) is 0 Å². The van der Waals surface area contributed by atoms with Crippen LogP contribution in [0.2, 0.25) is 0 Å². The van der Waals surface area contributed by atoms with Gasteiger partial charge in [-0.1, -0.05) is 20.8 Å². The van der Waals surface area contributed by atoms with Crippen LogP contribution in [0.25, 0.3) is 0 Å². The van der Waals surface area contributed by atoms with E-state index in [4.69, 9.17) is 0 Å². The molecule has 0 aromatic carbocycles. The first-order valence-corrected chi connectivity index (χ1v) is 7.67. The fourth-order valence-electron chi connectivity index (χ4n) is 3.59. The SMILES string of the molecule is CNCC1CCC(C(C)(C)C)CC1c1ccncc1F. The van der Waals surface area contributed by atoms with Gasteiger partial charge in [-0.05, 0) is 67.7 Å². The summed E-state index contributed by atoms with van der Waals surface area (Å²) in [5.74, 6) is 1.35. The molecule has 1 saturated carbocycles. The minimum atomic E-state index is -0.145. The lowest BCUT2D eigenvalue weighted by Gasteiger charge is -2.42. The van der Waals surface area contributed by atoms with Crippen molar-refractivity contribution in [3.05, 3.63) is 29.8 Å². The Labute approximate surface area is 122 Å². The number of rotatable bonds is 3. The molecular weight excluding hydrogens is 251 g/mol. The molecule has 1 aromatic heterocycles. The van der Waals surface area contributed by atoms with Gasteiger partial charge in [0.2, 0.25) is 0 Å². The lowest BCUT2D eigenvalue weighted by Crippen LogP contribution is -2.35. The Hall–Kier alpha value is -0.960. The van der Waals surface area contributed by atoms with E-state index < -0.39 is 0 Å². The molecule has 0 bridgehead atoms. The molecule has 1 N–H and O–H groups in total. The van der Waals surface area contributed by atoms with Gasteiger partial charge in [0.05, 0.1) is 6.20 Å². The molecule has 1 heterocycles. The number of pyridine rings is 1. The number of aromatic nitrogens is 1. The fraction of sp³-hybridized carbons (Fsp3) is 0.706. The number of hydrogen-bond acceptors (Lipinski definition) is 2. The van der Waals surface area contributed by atoms with E-state index in [1.165, 1.54) is 19.0 Å². The molecule has 3 atom stereocenters. The Morgan fingerprint density at radius 1 is 1.35 bits per heavy atom. The quantitative estimate of drug-likeness (QED) is 0.904. The first-order valence-electron chi connectivity index (χ1n) is 7.67. The zero-order chi connectivity index (χ0) is 14.8. The van der Waals surface area contributed by atoms with Crippen LogP contribution in [0.3, 0.4) is 0 Å². The van der Waals surface area contributed by atoms with Gasteiger partial charge >= 0.3 is 0 Å². The summed E-state index contributed by atoms with van der Waals surface area (Å²) >= 11 is 0. The highest BCUT2D eigenvalue weighted by Gasteiger charge is 2.37. The predicted octanol–water partition coefficient (Wildman–Crippen LogP) is 3.99. The van der Waals surface area contributed by atoms with Crippen molar-refractivity contribution in [2.24, 2.45) is 17.3 Å². The monoisotopic (exact) mass is 278 g/mol. The van der Waals surface area contributed by atoms with Crippen LogP contribution in [0.4, 0.5) is 4.39 Å². The molecule has 1 aromatic rings. The smallest absolute Gasteiger partial charge is 0.144 e. The Balaban J connectivity index is 2.26. The number of halogens is 1. The Bertz CT molecular complexity index is 439. The van der Waals surface area contributed by atoms with Crippen molar-refractivity contribution in [2.45, 2.75) is 46.0 Å². The summed E-state index contributed by atoms with van der Waals surface area (Å²) in [5.41, 5.74) is 1.15. The third-order valence-corrected chi connectivity index (χ3v) is 4.89. The standard InChI is InChI=1S/C17H27FN2/c1-17(2,3)13-6-5-12(10-19-4)15(9-13)14-7-8-20-11-16(14)18/h7-8,11-13,15,19H,5-6,9-10H2,1-4H3. The second-order valence-corrected chi connectivity index (χ2v) is 7.20. The summed E-state index contributed by atoms with van der Waals surface area (Å²) in [6, 6.07) is 1.87. The van der Waals surface area contributed by atoms with Crippen LogP contribution in [0.1, 0.15) is 51.5 Å². The molecule has 0 aliphatic heterocycles. The van der Waals surface area contributed by atoms with Crippen molar-refractivity contribution in [3.8, 4) is 0 Å². The second kappa shape index (κ2) is 6.21. The van der Waals surface area contributed by atoms with E-state index in [-0.39, 0.29) is 5.82 Å². The van der Waals surface area contributed by atoms with E-state index in [2.05, 4.69) is 31.1 Å². The highest BCUT2D eigenvalue weighted by atomic mass is 19.1. The van der Waals surface area contributed by atoms with Crippen molar-refractivity contribution in [3.63, 3.8) is 0 Å². The van der Waals surface area contributed by atoms with Crippen molar-refractivity contribution in [1.82, 2.24) is 10.3 Å². The van der Waals surface area contributed by atoms with Gasteiger partial charge in [0.1, 0.15) is 5.82 Å². The first kappa shape index (κ1) is 15.4. The minimum absolute atomic E-state index is 0.145. The Morgan fingerprint density at radius 2 is 2.10 bits per heavy atom. The molecule has 2 nitrogen and oxygen atoms in total. The van der Waals surface area contributed by atoms with E-state index >= 15 is 0 Å². The fourth-order valence-corrected chi connectivity index (χ4v) is 3.59. The van der Waals surface area contributed by atoms with Gasteiger partial charge in [0.25, 0.3) is 0 Å². The summed E-state index contributed by atoms with van der Waals surface area (Å²) < 4.78 is 14.1. The van der Waals surface area contributed by atoms with Gasteiger partial charge in [0.15, 0.2) is 0 Å². The highest BCUT2D eigenvalue weighted by molar-refractivity contribution is 5.20. The summed E-state index contributed by atoms with van der Waals surface area (Å²) in [5, 5.41) is 3.27. The van der Waals surface area contributed by atoms with E-state index in [0.717, 1.165) is 18.5 Å². The molecule has 3 unspecified atom stereocenters. The molecule has 3 heteroatoms. The Morgan fingerprint density at radius 3 is 2.70 bits per heavy atom. The van der Waals surface area contributed by atoms with Crippen molar-refractivity contribution in [2.75, 3.05) is 13.6 Å². The molecule has 112 valence electrons. The molecule has 0 saturated heterocycles. The molecule has 0 amide bonds. The zero-order valence-corrected chi connectivity index (χ0v) is 13.1. The molecular formula is C17H27FN2. The van der Waals surface area contributed by atoms with E-state index in [9.17, 15) is 4.39 Å². The maximum Gasteiger partial charge on any atom is 0.144 e. The Kier molecular flexibility index (Phi) is 4.79. The van der Waals surface area contributed by atoms with Gasteiger partial charge < -0.3 is 5.32 Å². The third-order valence-electron chi connectivity index (χ3n) is 4.89. The van der Waals surface area contributed by atoms with E-state index in [0.29, 0.717) is 23.2 Å². The van der Waals surface area contributed by atoms with Gasteiger partial charge in [-0.25, -0.2) is 4.39 Å². The van der Waals surface area contributed by atoms with E-state index in [1.807, 2.05) is 13.1 Å². The van der Waals surface area contributed by atoms with Crippen molar-refractivity contribution in [1.29, 1.82) is 0 Å². The van der Waals surface area contributed by atoms with Crippen molar-refractivity contribution >= 4 is 0 Å². The van der Waals surface area contributed by atoms with Gasteiger partial charge in [-0.3, -0.25) is 4.98 Å². The highest BCUT2D eigenvalue weighted by Crippen LogP contribution is 2.46. The lowest BCUT2D eigenvalue weighted by atomic mass is 9.64. The molecule has 0 radical (unpaired) electrons. The molecule has 1 aliphatic rings. The zero-order valence-electron chi connectivity index (χ0n) is 13.1. The second-order valence-electron chi connectivity index (χ2n) is 7.20. The number of nitrogens with one attached hydrogen (secondary N) is 1. The third kappa shape index (κ3) is 3.38. The van der Waals surface area contributed by atoms with Crippen LogP contribution in [0.15, 0.2) is 18.5 Å².